The van der Waals surface area contributed by atoms with Gasteiger partial charge in [0.25, 0.3) is 0 Å². The smallest absolute Gasteiger partial charge is 0.246 e. The maximum Gasteiger partial charge on any atom is 0.246 e. The van der Waals surface area contributed by atoms with Crippen molar-refractivity contribution in [2.75, 3.05) is 13.2 Å². The van der Waals surface area contributed by atoms with Crippen molar-refractivity contribution in [1.82, 2.24) is 4.90 Å². The molecule has 2 rings (SSSR count). The molecule has 1 amide bonds. The van der Waals surface area contributed by atoms with E-state index in [2.05, 4.69) is 0 Å². The third kappa shape index (κ3) is 3.37. The lowest BCUT2D eigenvalue weighted by Crippen LogP contribution is -2.36. The predicted molar refractivity (Wildman–Crippen MR) is 77.0 cm³/mol. The fourth-order valence-corrected chi connectivity index (χ4v) is 2.48. The maximum absolute atomic E-state index is 12.0. The van der Waals surface area contributed by atoms with Crippen LogP contribution in [-0.2, 0) is 4.79 Å². The number of carbonyl (C=O) groups excluding carboxylic acids is 1. The molecule has 0 aromatic heterocycles. The van der Waals surface area contributed by atoms with Crippen molar-refractivity contribution in [1.29, 1.82) is 0 Å². The van der Waals surface area contributed by atoms with E-state index in [0.717, 1.165) is 30.5 Å². The Morgan fingerprint density at radius 3 is 3.05 bits per heavy atom. The monoisotopic (exact) mass is 279 g/mol. The number of amides is 1. The highest BCUT2D eigenvalue weighted by Crippen LogP contribution is 2.19. The van der Waals surface area contributed by atoms with Crippen LogP contribution in [0.1, 0.15) is 24.0 Å². The topological polar surface area (TPSA) is 40.5 Å². The predicted octanol–water partition coefficient (Wildman–Crippen LogP) is 2.64. The van der Waals surface area contributed by atoms with Crippen molar-refractivity contribution in [3.63, 3.8) is 0 Å². The molecule has 1 N–H and O–H groups in total. The molecule has 1 saturated heterocycles. The molecule has 19 heavy (non-hydrogen) atoms. The summed E-state index contributed by atoms with van der Waals surface area (Å²) in [5, 5.41) is 9.90. The number of hydrogen-bond donors (Lipinski definition) is 1. The molecular formula is C15H18ClNO2. The first-order chi connectivity index (χ1) is 9.11. The molecule has 1 atom stereocenters. The Morgan fingerprint density at radius 1 is 1.58 bits per heavy atom. The molecule has 1 aromatic rings. The molecule has 4 heteroatoms. The number of nitrogens with zero attached hydrogens (tertiary/aromatic N) is 1. The molecular weight excluding hydrogens is 262 g/mol. The van der Waals surface area contributed by atoms with E-state index < -0.39 is 0 Å². The fraction of sp³-hybridized carbons (Fsp3) is 0.400. The maximum atomic E-state index is 12.0. The minimum atomic E-state index is -0.0479. The second-order valence-corrected chi connectivity index (χ2v) is 5.26. The number of benzene rings is 1. The summed E-state index contributed by atoms with van der Waals surface area (Å²) in [7, 11) is 0. The molecule has 1 unspecified atom stereocenters. The summed E-state index contributed by atoms with van der Waals surface area (Å²) in [6.45, 7) is 2.70. The molecule has 0 radical (unpaired) electrons. The van der Waals surface area contributed by atoms with E-state index in [9.17, 15) is 9.90 Å². The Kier molecular flexibility index (Phi) is 4.61. The SMILES string of the molecule is Cc1ccc(/C=C/C(=O)N2CCCC2CO)cc1Cl. The molecule has 3 nitrogen and oxygen atoms in total. The van der Waals surface area contributed by atoms with E-state index in [4.69, 9.17) is 11.6 Å². The number of carbonyl (C=O) groups is 1. The first kappa shape index (κ1) is 14.1. The van der Waals surface area contributed by atoms with Crippen LogP contribution < -0.4 is 0 Å². The van der Waals surface area contributed by atoms with Crippen LogP contribution in [0, 0.1) is 6.92 Å². The Labute approximate surface area is 118 Å². The summed E-state index contributed by atoms with van der Waals surface area (Å²) in [5.74, 6) is -0.0479. The number of hydrogen-bond acceptors (Lipinski definition) is 2. The zero-order valence-corrected chi connectivity index (χ0v) is 11.7. The molecule has 1 aliphatic rings. The van der Waals surface area contributed by atoms with Crippen molar-refractivity contribution in [2.45, 2.75) is 25.8 Å². The highest BCUT2D eigenvalue weighted by molar-refractivity contribution is 6.31. The van der Waals surface area contributed by atoms with Crippen molar-refractivity contribution >= 4 is 23.6 Å². The number of rotatable bonds is 3. The van der Waals surface area contributed by atoms with Gasteiger partial charge in [0.2, 0.25) is 5.91 Å². The average Bonchev–Trinajstić information content (AvgIpc) is 2.88. The summed E-state index contributed by atoms with van der Waals surface area (Å²) >= 11 is 6.04. The second-order valence-electron chi connectivity index (χ2n) is 4.85. The number of halogens is 1. The highest BCUT2D eigenvalue weighted by atomic mass is 35.5. The van der Waals surface area contributed by atoms with Gasteiger partial charge >= 0.3 is 0 Å². The molecule has 0 spiro atoms. The third-order valence-electron chi connectivity index (χ3n) is 3.49. The summed E-state index contributed by atoms with van der Waals surface area (Å²) in [5.41, 5.74) is 1.92. The molecule has 1 aliphatic heterocycles. The van der Waals surface area contributed by atoms with Crippen LogP contribution in [0.25, 0.3) is 6.08 Å². The van der Waals surface area contributed by atoms with E-state index >= 15 is 0 Å². The molecule has 1 aromatic carbocycles. The summed E-state index contributed by atoms with van der Waals surface area (Å²) in [6.07, 6.45) is 5.16. The fourth-order valence-electron chi connectivity index (χ4n) is 2.29. The molecule has 1 heterocycles. The number of likely N-dealkylation sites (tertiary alicyclic amines) is 1. The van der Waals surface area contributed by atoms with Crippen molar-refractivity contribution < 1.29 is 9.90 Å². The summed E-state index contributed by atoms with van der Waals surface area (Å²) < 4.78 is 0. The Bertz CT molecular complexity index is 499. The first-order valence-corrected chi connectivity index (χ1v) is 6.85. The third-order valence-corrected chi connectivity index (χ3v) is 3.89. The van der Waals surface area contributed by atoms with E-state index in [1.165, 1.54) is 0 Å². The van der Waals surface area contributed by atoms with Gasteiger partial charge in [0.05, 0.1) is 12.6 Å². The number of aliphatic hydroxyl groups is 1. The molecule has 0 bridgehead atoms. The van der Waals surface area contributed by atoms with Gasteiger partial charge in [-0.2, -0.15) is 0 Å². The Morgan fingerprint density at radius 2 is 2.37 bits per heavy atom. The minimum absolute atomic E-state index is 0.0289. The normalized spacial score (nSPS) is 19.3. The number of aliphatic hydroxyl groups excluding tert-OH is 1. The first-order valence-electron chi connectivity index (χ1n) is 6.47. The van der Waals surface area contributed by atoms with E-state index in [0.29, 0.717) is 5.02 Å². The standard InChI is InChI=1S/C15H18ClNO2/c1-11-4-5-12(9-14(11)16)6-7-15(19)17-8-2-3-13(17)10-18/h4-7,9,13,18H,2-3,8,10H2,1H3/b7-6+. The van der Waals surface area contributed by atoms with Gasteiger partial charge < -0.3 is 10.0 Å². The van der Waals surface area contributed by atoms with Gasteiger partial charge in [-0.1, -0.05) is 23.7 Å². The van der Waals surface area contributed by atoms with Crippen LogP contribution >= 0.6 is 11.6 Å². The van der Waals surface area contributed by atoms with Gasteiger partial charge in [0.1, 0.15) is 0 Å². The van der Waals surface area contributed by atoms with Crippen LogP contribution in [0.15, 0.2) is 24.3 Å². The van der Waals surface area contributed by atoms with Crippen molar-refractivity contribution in [3.8, 4) is 0 Å². The zero-order chi connectivity index (χ0) is 13.8. The Balaban J connectivity index is 2.05. The van der Waals surface area contributed by atoms with Crippen LogP contribution in [0.2, 0.25) is 5.02 Å². The zero-order valence-electron chi connectivity index (χ0n) is 11.0. The summed E-state index contributed by atoms with van der Waals surface area (Å²) in [6, 6.07) is 5.67. The van der Waals surface area contributed by atoms with Crippen LogP contribution in [-0.4, -0.2) is 35.1 Å². The molecule has 0 saturated carbocycles. The van der Waals surface area contributed by atoms with Gasteiger partial charge in [0.15, 0.2) is 0 Å². The van der Waals surface area contributed by atoms with Gasteiger partial charge in [-0.05, 0) is 43.0 Å². The molecule has 1 fully saturated rings. The second kappa shape index (κ2) is 6.22. The largest absolute Gasteiger partial charge is 0.394 e. The van der Waals surface area contributed by atoms with E-state index in [1.54, 1.807) is 17.1 Å². The van der Waals surface area contributed by atoms with E-state index in [1.807, 2.05) is 25.1 Å². The number of aryl methyl sites for hydroxylation is 1. The minimum Gasteiger partial charge on any atom is -0.394 e. The van der Waals surface area contributed by atoms with Gasteiger partial charge in [-0.15, -0.1) is 0 Å². The van der Waals surface area contributed by atoms with Crippen LogP contribution in [0.4, 0.5) is 0 Å². The summed E-state index contributed by atoms with van der Waals surface area (Å²) in [4.78, 5) is 13.8. The van der Waals surface area contributed by atoms with Crippen LogP contribution in [0.5, 0.6) is 0 Å². The highest BCUT2D eigenvalue weighted by Gasteiger charge is 2.26. The van der Waals surface area contributed by atoms with Crippen molar-refractivity contribution in [2.24, 2.45) is 0 Å². The van der Waals surface area contributed by atoms with Gasteiger partial charge in [-0.3, -0.25) is 4.79 Å². The molecule has 102 valence electrons. The van der Waals surface area contributed by atoms with Gasteiger partial charge in [0, 0.05) is 17.6 Å². The van der Waals surface area contributed by atoms with Crippen LogP contribution in [0.3, 0.4) is 0 Å². The van der Waals surface area contributed by atoms with Gasteiger partial charge in [-0.25, -0.2) is 0 Å². The molecule has 0 aliphatic carbocycles. The quantitative estimate of drug-likeness (QED) is 0.864. The van der Waals surface area contributed by atoms with E-state index in [-0.39, 0.29) is 18.6 Å². The lowest BCUT2D eigenvalue weighted by Gasteiger charge is -2.21. The van der Waals surface area contributed by atoms with Crippen molar-refractivity contribution in [3.05, 3.63) is 40.4 Å². The Hall–Kier alpha value is -1.32. The lowest BCUT2D eigenvalue weighted by molar-refractivity contribution is -0.127. The average molecular weight is 280 g/mol. The lowest BCUT2D eigenvalue weighted by atomic mass is 10.1.